The first-order chi connectivity index (χ1) is 7.54. The molecule has 0 saturated carbocycles. The molecule has 0 saturated heterocycles. The van der Waals surface area contributed by atoms with Gasteiger partial charge in [-0.1, -0.05) is 19.4 Å². The number of benzene rings is 1. The minimum Gasteiger partial charge on any atom is -0.327 e. The van der Waals surface area contributed by atoms with Crippen LogP contribution in [0.5, 0.6) is 0 Å². The largest absolute Gasteiger partial charge is 0.327 e. The lowest BCUT2D eigenvalue weighted by Crippen LogP contribution is -2.22. The highest BCUT2D eigenvalue weighted by atomic mass is 16.6. The molecule has 0 heterocycles. The van der Waals surface area contributed by atoms with Gasteiger partial charge in [0.25, 0.3) is 5.69 Å². The highest BCUT2D eigenvalue weighted by Gasteiger charge is 2.11. The fourth-order valence-electron chi connectivity index (χ4n) is 1.82. The van der Waals surface area contributed by atoms with E-state index < -0.39 is 0 Å². The van der Waals surface area contributed by atoms with Gasteiger partial charge in [0.2, 0.25) is 0 Å². The normalized spacial score (nSPS) is 12.4. The van der Waals surface area contributed by atoms with E-state index in [0.717, 1.165) is 24.8 Å². The molecule has 0 aromatic heterocycles. The fourth-order valence-corrected chi connectivity index (χ4v) is 1.82. The Morgan fingerprint density at radius 3 is 2.69 bits per heavy atom. The molecule has 0 fully saturated rings. The number of aryl methyl sites for hydroxylation is 1. The van der Waals surface area contributed by atoms with E-state index in [1.165, 1.54) is 0 Å². The van der Waals surface area contributed by atoms with Crippen LogP contribution < -0.4 is 5.73 Å². The first-order valence-corrected chi connectivity index (χ1v) is 5.54. The second kappa shape index (κ2) is 5.61. The molecule has 0 spiro atoms. The zero-order valence-corrected chi connectivity index (χ0v) is 9.77. The zero-order valence-electron chi connectivity index (χ0n) is 9.77. The minimum atomic E-state index is -0.356. The summed E-state index contributed by atoms with van der Waals surface area (Å²) in [5.74, 6) is 0. The predicted octanol–water partition coefficient (Wildman–Crippen LogP) is 2.57. The summed E-state index contributed by atoms with van der Waals surface area (Å²) < 4.78 is 0. The van der Waals surface area contributed by atoms with E-state index in [1.54, 1.807) is 19.1 Å². The van der Waals surface area contributed by atoms with Crippen molar-refractivity contribution >= 4 is 5.69 Å². The first-order valence-electron chi connectivity index (χ1n) is 5.54. The maximum atomic E-state index is 10.6. The number of nitro groups is 1. The molecule has 0 aliphatic carbocycles. The lowest BCUT2D eigenvalue weighted by molar-refractivity contribution is -0.385. The molecule has 2 N–H and O–H groups in total. The molecule has 4 nitrogen and oxygen atoms in total. The molecule has 0 aliphatic heterocycles. The summed E-state index contributed by atoms with van der Waals surface area (Å²) in [5.41, 5.74) is 7.88. The summed E-state index contributed by atoms with van der Waals surface area (Å²) >= 11 is 0. The van der Waals surface area contributed by atoms with Gasteiger partial charge in [0.15, 0.2) is 0 Å². The Morgan fingerprint density at radius 2 is 2.19 bits per heavy atom. The molecule has 1 atom stereocenters. The Kier molecular flexibility index (Phi) is 4.43. The fraction of sp³-hybridized carbons (Fsp3) is 0.500. The van der Waals surface area contributed by atoms with Crippen LogP contribution >= 0.6 is 0 Å². The quantitative estimate of drug-likeness (QED) is 0.615. The molecule has 16 heavy (non-hydrogen) atoms. The Hall–Kier alpha value is -1.42. The van der Waals surface area contributed by atoms with Crippen LogP contribution in [0.15, 0.2) is 18.2 Å². The number of nitrogens with zero attached hydrogens (tertiary/aromatic N) is 1. The van der Waals surface area contributed by atoms with E-state index in [9.17, 15) is 10.1 Å². The molecule has 0 amide bonds. The number of hydrogen-bond acceptors (Lipinski definition) is 3. The summed E-state index contributed by atoms with van der Waals surface area (Å²) in [5, 5.41) is 10.6. The summed E-state index contributed by atoms with van der Waals surface area (Å²) in [6, 6.07) is 5.35. The third-order valence-corrected chi connectivity index (χ3v) is 2.62. The van der Waals surface area contributed by atoms with E-state index in [1.807, 2.05) is 6.07 Å². The van der Waals surface area contributed by atoms with Crippen LogP contribution in [0.2, 0.25) is 0 Å². The second-order valence-corrected chi connectivity index (χ2v) is 4.13. The maximum absolute atomic E-state index is 10.6. The lowest BCUT2D eigenvalue weighted by Gasteiger charge is -2.10. The summed E-state index contributed by atoms with van der Waals surface area (Å²) in [6.45, 7) is 3.86. The van der Waals surface area contributed by atoms with Crippen LogP contribution in [0.4, 0.5) is 5.69 Å². The summed E-state index contributed by atoms with van der Waals surface area (Å²) in [7, 11) is 0. The van der Waals surface area contributed by atoms with Crippen LogP contribution in [0.3, 0.4) is 0 Å². The molecule has 0 bridgehead atoms. The Morgan fingerprint density at radius 1 is 1.50 bits per heavy atom. The lowest BCUT2D eigenvalue weighted by atomic mass is 10.0. The van der Waals surface area contributed by atoms with Gasteiger partial charge in [-0.25, -0.2) is 0 Å². The molecule has 0 aliphatic rings. The monoisotopic (exact) mass is 222 g/mol. The minimum absolute atomic E-state index is 0.144. The zero-order chi connectivity index (χ0) is 12.1. The third kappa shape index (κ3) is 3.31. The molecular formula is C12H18N2O2. The topological polar surface area (TPSA) is 69.2 Å². The van der Waals surface area contributed by atoms with Gasteiger partial charge in [-0.2, -0.15) is 0 Å². The molecule has 1 unspecified atom stereocenters. The maximum Gasteiger partial charge on any atom is 0.272 e. The molecule has 1 rings (SSSR count). The van der Waals surface area contributed by atoms with Crippen LogP contribution in [0.1, 0.15) is 30.9 Å². The first kappa shape index (κ1) is 12.6. The van der Waals surface area contributed by atoms with Crippen LogP contribution in [-0.4, -0.2) is 11.0 Å². The van der Waals surface area contributed by atoms with Crippen LogP contribution in [0.25, 0.3) is 0 Å². The van der Waals surface area contributed by atoms with Crippen molar-refractivity contribution in [3.63, 3.8) is 0 Å². The standard InChI is InChI=1S/C12H18N2O2/c1-3-4-11(13)8-10-5-6-12(14(15)16)9(2)7-10/h5-7,11H,3-4,8,13H2,1-2H3. The van der Waals surface area contributed by atoms with Crippen molar-refractivity contribution in [2.75, 3.05) is 0 Å². The highest BCUT2D eigenvalue weighted by Crippen LogP contribution is 2.19. The third-order valence-electron chi connectivity index (χ3n) is 2.62. The summed E-state index contributed by atoms with van der Waals surface area (Å²) in [6.07, 6.45) is 2.83. The van der Waals surface area contributed by atoms with Crippen molar-refractivity contribution < 1.29 is 4.92 Å². The van der Waals surface area contributed by atoms with Crippen molar-refractivity contribution in [2.45, 2.75) is 39.2 Å². The Labute approximate surface area is 95.6 Å². The van der Waals surface area contributed by atoms with Gasteiger partial charge in [0, 0.05) is 17.7 Å². The van der Waals surface area contributed by atoms with E-state index in [4.69, 9.17) is 5.73 Å². The highest BCUT2D eigenvalue weighted by molar-refractivity contribution is 5.41. The van der Waals surface area contributed by atoms with Gasteiger partial charge >= 0.3 is 0 Å². The van der Waals surface area contributed by atoms with E-state index in [-0.39, 0.29) is 16.7 Å². The average molecular weight is 222 g/mol. The number of rotatable bonds is 5. The SMILES string of the molecule is CCCC(N)Cc1ccc([N+](=O)[O-])c(C)c1. The van der Waals surface area contributed by atoms with Crippen molar-refractivity contribution in [3.05, 3.63) is 39.4 Å². The van der Waals surface area contributed by atoms with Gasteiger partial charge in [0.1, 0.15) is 0 Å². The molecule has 0 radical (unpaired) electrons. The van der Waals surface area contributed by atoms with Gasteiger partial charge in [-0.05, 0) is 31.4 Å². The van der Waals surface area contributed by atoms with Crippen LogP contribution in [0, 0.1) is 17.0 Å². The van der Waals surface area contributed by atoms with Crippen LogP contribution in [-0.2, 0) is 6.42 Å². The molecule has 4 heteroatoms. The smallest absolute Gasteiger partial charge is 0.272 e. The van der Waals surface area contributed by atoms with E-state index >= 15 is 0 Å². The number of nitro benzene ring substituents is 1. The van der Waals surface area contributed by atoms with Gasteiger partial charge in [-0.3, -0.25) is 10.1 Å². The van der Waals surface area contributed by atoms with Gasteiger partial charge in [0.05, 0.1) is 4.92 Å². The predicted molar refractivity (Wildman–Crippen MR) is 64.4 cm³/mol. The molecule has 1 aromatic rings. The van der Waals surface area contributed by atoms with E-state index in [2.05, 4.69) is 6.92 Å². The average Bonchev–Trinajstić information content (AvgIpc) is 2.17. The summed E-state index contributed by atoms with van der Waals surface area (Å²) in [4.78, 5) is 10.3. The number of nitrogens with two attached hydrogens (primary N) is 1. The number of hydrogen-bond donors (Lipinski definition) is 1. The molecule has 88 valence electrons. The van der Waals surface area contributed by atoms with Crippen molar-refractivity contribution in [2.24, 2.45) is 5.73 Å². The Balaban J connectivity index is 2.77. The molecular weight excluding hydrogens is 204 g/mol. The second-order valence-electron chi connectivity index (χ2n) is 4.13. The van der Waals surface area contributed by atoms with Crippen molar-refractivity contribution in [1.29, 1.82) is 0 Å². The van der Waals surface area contributed by atoms with E-state index in [0.29, 0.717) is 5.56 Å². The van der Waals surface area contributed by atoms with Crippen molar-refractivity contribution in [1.82, 2.24) is 0 Å². The van der Waals surface area contributed by atoms with Gasteiger partial charge in [-0.15, -0.1) is 0 Å². The van der Waals surface area contributed by atoms with Crippen molar-refractivity contribution in [3.8, 4) is 0 Å². The Bertz CT molecular complexity index is 377. The van der Waals surface area contributed by atoms with Gasteiger partial charge < -0.3 is 5.73 Å². The molecule has 1 aromatic carbocycles.